The molecule has 1 atom stereocenters. The molecule has 1 aromatic heterocycles. The Kier molecular flexibility index (Phi) is 7.19. The molecule has 9 nitrogen and oxygen atoms in total. The number of carbonyl (C=O) groups is 3. The summed E-state index contributed by atoms with van der Waals surface area (Å²) in [6, 6.07) is 9.80. The molecule has 11 heteroatoms. The van der Waals surface area contributed by atoms with Gasteiger partial charge in [-0.2, -0.15) is 0 Å². The van der Waals surface area contributed by atoms with Crippen LogP contribution in [-0.2, 0) is 4.74 Å². The number of amides is 3. The Hall–Kier alpha value is -3.76. The molecule has 4 N–H and O–H groups in total. The Labute approximate surface area is 199 Å². The summed E-state index contributed by atoms with van der Waals surface area (Å²) >= 11 is 5.92. The van der Waals surface area contributed by atoms with Crippen LogP contribution in [0.1, 0.15) is 37.8 Å². The van der Waals surface area contributed by atoms with Crippen molar-refractivity contribution in [1.29, 1.82) is 0 Å². The number of H-pyrrole nitrogens is 1. The highest BCUT2D eigenvalue weighted by Gasteiger charge is 2.22. The van der Waals surface area contributed by atoms with Gasteiger partial charge in [-0.15, -0.1) is 0 Å². The molecule has 2 heterocycles. The smallest absolute Gasteiger partial charge is 0.276 e. The van der Waals surface area contributed by atoms with Gasteiger partial charge in [-0.25, -0.2) is 9.37 Å². The second kappa shape index (κ2) is 10.4. The lowest BCUT2D eigenvalue weighted by atomic mass is 10.1. The lowest BCUT2D eigenvalue weighted by Gasteiger charge is -2.10. The molecule has 3 aromatic rings. The fourth-order valence-electron chi connectivity index (χ4n) is 3.41. The zero-order valence-electron chi connectivity index (χ0n) is 17.9. The first kappa shape index (κ1) is 23.4. The average molecular weight is 486 g/mol. The molecule has 4 rings (SSSR count). The molecular formula is C23H21ClFN5O4. The fraction of sp³-hybridized carbons (Fsp3) is 0.217. The van der Waals surface area contributed by atoms with Gasteiger partial charge in [-0.1, -0.05) is 11.6 Å². The quantitative estimate of drug-likeness (QED) is 0.408. The van der Waals surface area contributed by atoms with Crippen LogP contribution < -0.4 is 16.0 Å². The van der Waals surface area contributed by atoms with Crippen LogP contribution in [0.25, 0.3) is 0 Å². The number of nitrogens with zero attached hydrogens (tertiary/aromatic N) is 1. The van der Waals surface area contributed by atoms with E-state index < -0.39 is 23.5 Å². The number of hydrogen-bond acceptors (Lipinski definition) is 5. The average Bonchev–Trinajstić information content (AvgIpc) is 3.51. The molecule has 1 aliphatic rings. The van der Waals surface area contributed by atoms with Crippen molar-refractivity contribution in [2.75, 3.05) is 30.4 Å². The number of aromatic nitrogens is 2. The van der Waals surface area contributed by atoms with Crippen LogP contribution in [0.3, 0.4) is 0 Å². The monoisotopic (exact) mass is 485 g/mol. The molecule has 0 aliphatic carbocycles. The standard InChI is InChI=1S/C23H21ClFN5O4/c24-18-9-14(25)1-6-17(18)21(31)29-15-2-4-16(5-3-15)30-23(33)20-19(27-12-28-20)22(32)26-10-13-7-8-34-11-13/h1-6,9,12-13H,7-8,10-11H2,(H,26,32)(H,27,28)(H,29,31)(H,30,33). The molecule has 176 valence electrons. The normalized spacial score (nSPS) is 15.1. The third-order valence-corrected chi connectivity index (χ3v) is 5.55. The third-order valence-electron chi connectivity index (χ3n) is 5.23. The predicted octanol–water partition coefficient (Wildman–Crippen LogP) is 3.47. The Balaban J connectivity index is 1.35. The topological polar surface area (TPSA) is 125 Å². The van der Waals surface area contributed by atoms with E-state index in [-0.39, 0.29) is 27.9 Å². The first-order chi connectivity index (χ1) is 16.4. The summed E-state index contributed by atoms with van der Waals surface area (Å²) in [5, 5.41) is 8.11. The first-order valence-corrected chi connectivity index (χ1v) is 10.9. The van der Waals surface area contributed by atoms with E-state index in [4.69, 9.17) is 16.3 Å². The fourth-order valence-corrected chi connectivity index (χ4v) is 3.66. The number of carbonyl (C=O) groups excluding carboxylic acids is 3. The first-order valence-electron chi connectivity index (χ1n) is 10.5. The molecule has 1 saturated heterocycles. The summed E-state index contributed by atoms with van der Waals surface area (Å²) in [6.45, 7) is 1.74. The van der Waals surface area contributed by atoms with E-state index in [1.54, 1.807) is 24.3 Å². The van der Waals surface area contributed by atoms with Crippen molar-refractivity contribution in [3.05, 3.63) is 76.6 Å². The van der Waals surface area contributed by atoms with Gasteiger partial charge < -0.3 is 25.7 Å². The van der Waals surface area contributed by atoms with Gasteiger partial charge >= 0.3 is 0 Å². The zero-order chi connectivity index (χ0) is 24.1. The van der Waals surface area contributed by atoms with E-state index in [2.05, 4.69) is 25.9 Å². The number of rotatable bonds is 7. The maximum absolute atomic E-state index is 13.2. The van der Waals surface area contributed by atoms with Gasteiger partial charge in [-0.05, 0) is 48.9 Å². The SMILES string of the molecule is O=C(Nc1ccc(NC(=O)c2nc[nH]c2C(=O)NCC2CCOC2)cc1)c1ccc(F)cc1Cl. The maximum atomic E-state index is 13.2. The van der Waals surface area contributed by atoms with Crippen LogP contribution in [0, 0.1) is 11.7 Å². The number of anilines is 2. The van der Waals surface area contributed by atoms with E-state index >= 15 is 0 Å². The summed E-state index contributed by atoms with van der Waals surface area (Å²) in [4.78, 5) is 44.2. The lowest BCUT2D eigenvalue weighted by molar-refractivity contribution is 0.0927. The molecular weight excluding hydrogens is 465 g/mol. The molecule has 0 bridgehead atoms. The third kappa shape index (κ3) is 5.59. The minimum Gasteiger partial charge on any atom is -0.381 e. The number of benzene rings is 2. The Morgan fingerprint density at radius 3 is 2.41 bits per heavy atom. The molecule has 1 fully saturated rings. The van der Waals surface area contributed by atoms with Gasteiger partial charge in [0.15, 0.2) is 5.69 Å². The van der Waals surface area contributed by atoms with Gasteiger partial charge in [0.1, 0.15) is 11.5 Å². The van der Waals surface area contributed by atoms with Crippen molar-refractivity contribution in [3.63, 3.8) is 0 Å². The number of hydrogen-bond donors (Lipinski definition) is 4. The highest BCUT2D eigenvalue weighted by Crippen LogP contribution is 2.20. The number of halogens is 2. The maximum Gasteiger partial charge on any atom is 0.276 e. The minimum atomic E-state index is -0.564. The Morgan fingerprint density at radius 2 is 1.76 bits per heavy atom. The summed E-state index contributed by atoms with van der Waals surface area (Å²) < 4.78 is 18.5. The van der Waals surface area contributed by atoms with Crippen molar-refractivity contribution in [2.24, 2.45) is 5.92 Å². The van der Waals surface area contributed by atoms with Gasteiger partial charge in [0, 0.05) is 30.4 Å². The largest absolute Gasteiger partial charge is 0.381 e. The van der Waals surface area contributed by atoms with E-state index in [0.717, 1.165) is 18.6 Å². The van der Waals surface area contributed by atoms with Crippen LogP contribution in [0.4, 0.5) is 15.8 Å². The van der Waals surface area contributed by atoms with E-state index in [1.807, 2.05) is 0 Å². The summed E-state index contributed by atoms with van der Waals surface area (Å²) in [5.74, 6) is -1.78. The van der Waals surface area contributed by atoms with Gasteiger partial charge in [0.25, 0.3) is 17.7 Å². The molecule has 0 radical (unpaired) electrons. The molecule has 0 spiro atoms. The summed E-state index contributed by atoms with van der Waals surface area (Å²) in [7, 11) is 0. The number of imidazole rings is 1. The molecule has 1 unspecified atom stereocenters. The van der Waals surface area contributed by atoms with Crippen molar-refractivity contribution in [1.82, 2.24) is 15.3 Å². The minimum absolute atomic E-state index is 0.00296. The van der Waals surface area contributed by atoms with Crippen LogP contribution in [0.5, 0.6) is 0 Å². The number of ether oxygens (including phenoxy) is 1. The molecule has 1 aliphatic heterocycles. The second-order valence-electron chi connectivity index (χ2n) is 7.68. The van der Waals surface area contributed by atoms with E-state index in [1.165, 1.54) is 12.4 Å². The number of nitrogens with one attached hydrogen (secondary N) is 4. The molecule has 0 saturated carbocycles. The van der Waals surface area contributed by atoms with Crippen LogP contribution in [0.2, 0.25) is 5.02 Å². The predicted molar refractivity (Wildman–Crippen MR) is 124 cm³/mol. The highest BCUT2D eigenvalue weighted by atomic mass is 35.5. The Morgan fingerprint density at radius 1 is 1.06 bits per heavy atom. The lowest BCUT2D eigenvalue weighted by Crippen LogP contribution is -2.31. The van der Waals surface area contributed by atoms with Gasteiger partial charge in [0.05, 0.1) is 23.5 Å². The highest BCUT2D eigenvalue weighted by molar-refractivity contribution is 6.34. The van der Waals surface area contributed by atoms with Crippen molar-refractivity contribution in [2.45, 2.75) is 6.42 Å². The summed E-state index contributed by atoms with van der Waals surface area (Å²) in [5.41, 5.74) is 1.03. The van der Waals surface area contributed by atoms with E-state index in [0.29, 0.717) is 31.1 Å². The second-order valence-corrected chi connectivity index (χ2v) is 8.08. The van der Waals surface area contributed by atoms with Crippen LogP contribution in [0.15, 0.2) is 48.8 Å². The van der Waals surface area contributed by atoms with Gasteiger partial charge in [0.2, 0.25) is 0 Å². The van der Waals surface area contributed by atoms with Crippen molar-refractivity contribution >= 4 is 40.7 Å². The van der Waals surface area contributed by atoms with Crippen molar-refractivity contribution in [3.8, 4) is 0 Å². The summed E-state index contributed by atoms with van der Waals surface area (Å²) in [6.07, 6.45) is 2.16. The molecule has 34 heavy (non-hydrogen) atoms. The Bertz CT molecular complexity index is 1210. The van der Waals surface area contributed by atoms with Crippen LogP contribution in [-0.4, -0.2) is 47.4 Å². The van der Waals surface area contributed by atoms with Crippen LogP contribution >= 0.6 is 11.6 Å². The zero-order valence-corrected chi connectivity index (χ0v) is 18.6. The van der Waals surface area contributed by atoms with E-state index in [9.17, 15) is 18.8 Å². The van der Waals surface area contributed by atoms with Gasteiger partial charge in [-0.3, -0.25) is 14.4 Å². The number of aromatic amines is 1. The van der Waals surface area contributed by atoms with Crippen molar-refractivity contribution < 1.29 is 23.5 Å². The molecule has 2 aromatic carbocycles. The molecule has 3 amide bonds.